The first-order chi connectivity index (χ1) is 14.4. The Morgan fingerprint density at radius 1 is 1.03 bits per heavy atom. The molecule has 160 valence electrons. The molecule has 2 aromatic carbocycles. The molecular weight excluding hydrogens is 388 g/mol. The maximum absolute atomic E-state index is 14.2. The molecule has 3 rings (SSSR count). The largest absolute Gasteiger partial charge is 0.350 e. The second-order valence-electron chi connectivity index (χ2n) is 7.77. The predicted octanol–water partition coefficient (Wildman–Crippen LogP) is 3.51. The van der Waals surface area contributed by atoms with Crippen molar-refractivity contribution >= 4 is 11.8 Å². The van der Waals surface area contributed by atoms with E-state index in [1.807, 2.05) is 11.0 Å². The van der Waals surface area contributed by atoms with E-state index < -0.39 is 23.6 Å². The van der Waals surface area contributed by atoms with Gasteiger partial charge in [-0.15, -0.1) is 0 Å². The van der Waals surface area contributed by atoms with Crippen LogP contribution in [0.25, 0.3) is 0 Å². The van der Waals surface area contributed by atoms with E-state index in [1.165, 1.54) is 11.0 Å². The molecule has 1 N–H and O–H groups in total. The van der Waals surface area contributed by atoms with Crippen LogP contribution in [0.2, 0.25) is 0 Å². The van der Waals surface area contributed by atoms with Gasteiger partial charge in [-0.05, 0) is 63.2 Å². The summed E-state index contributed by atoms with van der Waals surface area (Å²) in [5, 5.41) is 2.74. The molecule has 1 saturated heterocycles. The van der Waals surface area contributed by atoms with Crippen LogP contribution in [-0.2, 0) is 11.3 Å². The van der Waals surface area contributed by atoms with Gasteiger partial charge in [0, 0.05) is 25.2 Å². The maximum atomic E-state index is 14.2. The van der Waals surface area contributed by atoms with E-state index in [4.69, 9.17) is 0 Å². The highest BCUT2D eigenvalue weighted by atomic mass is 19.1. The molecule has 5 nitrogen and oxygen atoms in total. The molecule has 2 amide bonds. The summed E-state index contributed by atoms with van der Waals surface area (Å²) >= 11 is 0. The molecule has 1 atom stereocenters. The predicted molar refractivity (Wildman–Crippen MR) is 111 cm³/mol. The summed E-state index contributed by atoms with van der Waals surface area (Å²) in [4.78, 5) is 28.8. The van der Waals surface area contributed by atoms with E-state index in [1.54, 1.807) is 32.3 Å². The van der Waals surface area contributed by atoms with Crippen LogP contribution in [0.3, 0.4) is 0 Å². The molecule has 0 spiro atoms. The lowest BCUT2D eigenvalue weighted by molar-refractivity contribution is -0.126. The smallest absolute Gasteiger partial charge is 0.253 e. The Morgan fingerprint density at radius 2 is 1.67 bits per heavy atom. The van der Waals surface area contributed by atoms with Crippen molar-refractivity contribution < 1.29 is 18.4 Å². The topological polar surface area (TPSA) is 52.7 Å². The number of halogens is 2. The van der Waals surface area contributed by atoms with Crippen molar-refractivity contribution in [2.75, 3.05) is 27.2 Å². The van der Waals surface area contributed by atoms with E-state index in [9.17, 15) is 18.4 Å². The Hall–Kier alpha value is -2.80. The number of hydrogen-bond acceptors (Lipinski definition) is 3. The molecule has 0 aromatic heterocycles. The molecule has 1 fully saturated rings. The molecule has 0 radical (unpaired) electrons. The second kappa shape index (κ2) is 9.80. The van der Waals surface area contributed by atoms with Crippen LogP contribution in [0.4, 0.5) is 8.78 Å². The van der Waals surface area contributed by atoms with E-state index in [0.29, 0.717) is 5.56 Å². The van der Waals surface area contributed by atoms with Crippen LogP contribution in [0, 0.1) is 11.6 Å². The molecule has 2 aromatic rings. The molecule has 0 saturated carbocycles. The number of likely N-dealkylation sites (tertiary alicyclic amines) is 1. The van der Waals surface area contributed by atoms with Gasteiger partial charge in [-0.25, -0.2) is 8.78 Å². The lowest BCUT2D eigenvalue weighted by Crippen LogP contribution is -2.38. The number of rotatable bonds is 6. The highest BCUT2D eigenvalue weighted by Gasteiger charge is 2.28. The lowest BCUT2D eigenvalue weighted by atomic mass is 10.0. The highest BCUT2D eigenvalue weighted by Crippen LogP contribution is 2.25. The zero-order valence-corrected chi connectivity index (χ0v) is 17.3. The second-order valence-corrected chi connectivity index (χ2v) is 7.77. The van der Waals surface area contributed by atoms with Gasteiger partial charge in [-0.2, -0.15) is 0 Å². The fraction of sp³-hybridized carbons (Fsp3) is 0.391. The van der Waals surface area contributed by atoms with Crippen molar-refractivity contribution in [1.82, 2.24) is 15.1 Å². The number of likely N-dealkylation sites (N-methyl/N-ethyl adjacent to an activating group) is 1. The summed E-state index contributed by atoms with van der Waals surface area (Å²) in [6, 6.07) is 9.54. The molecule has 1 aliphatic heterocycles. The van der Waals surface area contributed by atoms with Gasteiger partial charge in [0.1, 0.15) is 17.7 Å². The van der Waals surface area contributed by atoms with Gasteiger partial charge in [-0.1, -0.05) is 18.2 Å². The third kappa shape index (κ3) is 5.02. The summed E-state index contributed by atoms with van der Waals surface area (Å²) in [6.07, 6.45) is 3.17. The summed E-state index contributed by atoms with van der Waals surface area (Å²) in [7, 11) is 3.18. The van der Waals surface area contributed by atoms with Crippen molar-refractivity contribution in [1.29, 1.82) is 0 Å². The fourth-order valence-corrected chi connectivity index (χ4v) is 3.78. The Bertz CT molecular complexity index is 891. The SMILES string of the molecule is CN(C)[C@H](C(=O)NCc1cccc(C(=O)N2CCCCC2)c1)c1c(F)cccc1F. The number of amides is 2. The number of carbonyl (C=O) groups is 2. The van der Waals surface area contributed by atoms with Crippen LogP contribution in [0.15, 0.2) is 42.5 Å². The van der Waals surface area contributed by atoms with Gasteiger partial charge < -0.3 is 10.2 Å². The van der Waals surface area contributed by atoms with E-state index in [2.05, 4.69) is 5.32 Å². The number of benzene rings is 2. The lowest BCUT2D eigenvalue weighted by Gasteiger charge is -2.27. The van der Waals surface area contributed by atoms with Crippen molar-refractivity contribution in [2.45, 2.75) is 31.8 Å². The van der Waals surface area contributed by atoms with E-state index in [0.717, 1.165) is 50.0 Å². The van der Waals surface area contributed by atoms with Gasteiger partial charge >= 0.3 is 0 Å². The Labute approximate surface area is 175 Å². The number of nitrogens with zero attached hydrogens (tertiary/aromatic N) is 2. The minimum Gasteiger partial charge on any atom is -0.350 e. The van der Waals surface area contributed by atoms with E-state index in [-0.39, 0.29) is 18.0 Å². The first-order valence-electron chi connectivity index (χ1n) is 10.1. The standard InChI is InChI=1S/C23H27F2N3O2/c1-27(2)21(20-18(24)10-7-11-19(20)25)22(29)26-15-16-8-6-9-17(14-16)23(30)28-12-4-3-5-13-28/h6-11,14,21H,3-5,12-13,15H2,1-2H3,(H,26,29)/t21-/m0/s1. The average Bonchev–Trinajstić information content (AvgIpc) is 2.74. The fourth-order valence-electron chi connectivity index (χ4n) is 3.78. The van der Waals surface area contributed by atoms with Crippen LogP contribution in [-0.4, -0.2) is 48.8 Å². The minimum absolute atomic E-state index is 0.0116. The monoisotopic (exact) mass is 415 g/mol. The van der Waals surface area contributed by atoms with E-state index >= 15 is 0 Å². The first kappa shape index (κ1) is 21.9. The minimum atomic E-state index is -1.11. The van der Waals surface area contributed by atoms with Gasteiger partial charge in [-0.3, -0.25) is 14.5 Å². The van der Waals surface area contributed by atoms with Crippen molar-refractivity contribution in [3.63, 3.8) is 0 Å². The van der Waals surface area contributed by atoms with Crippen LogP contribution >= 0.6 is 0 Å². The zero-order valence-electron chi connectivity index (χ0n) is 17.3. The third-order valence-corrected chi connectivity index (χ3v) is 5.32. The van der Waals surface area contributed by atoms with Crippen LogP contribution < -0.4 is 5.32 Å². The highest BCUT2D eigenvalue weighted by molar-refractivity contribution is 5.94. The van der Waals surface area contributed by atoms with Gasteiger partial charge in [0.15, 0.2) is 0 Å². The van der Waals surface area contributed by atoms with Crippen molar-refractivity contribution in [2.24, 2.45) is 0 Å². The van der Waals surface area contributed by atoms with Gasteiger partial charge in [0.05, 0.1) is 5.56 Å². The molecular formula is C23H27F2N3O2. The molecule has 1 heterocycles. The number of nitrogens with one attached hydrogen (secondary N) is 1. The molecule has 0 bridgehead atoms. The molecule has 1 aliphatic rings. The number of piperidine rings is 1. The molecule has 30 heavy (non-hydrogen) atoms. The molecule has 7 heteroatoms. The summed E-state index contributed by atoms with van der Waals surface area (Å²) < 4.78 is 28.4. The quantitative estimate of drug-likeness (QED) is 0.786. The van der Waals surface area contributed by atoms with Crippen molar-refractivity contribution in [3.8, 4) is 0 Å². The summed E-state index contributed by atoms with van der Waals surface area (Å²) in [5.74, 6) is -2.06. The number of hydrogen-bond donors (Lipinski definition) is 1. The molecule has 0 aliphatic carbocycles. The van der Waals surface area contributed by atoms with Crippen LogP contribution in [0.1, 0.15) is 46.8 Å². The Morgan fingerprint density at radius 3 is 2.30 bits per heavy atom. The van der Waals surface area contributed by atoms with Crippen LogP contribution in [0.5, 0.6) is 0 Å². The third-order valence-electron chi connectivity index (χ3n) is 5.32. The number of carbonyl (C=O) groups excluding carboxylic acids is 2. The zero-order chi connectivity index (χ0) is 21.7. The normalized spacial score (nSPS) is 15.2. The first-order valence-corrected chi connectivity index (χ1v) is 10.1. The van der Waals surface area contributed by atoms with Gasteiger partial charge in [0.2, 0.25) is 5.91 Å². The maximum Gasteiger partial charge on any atom is 0.253 e. The Balaban J connectivity index is 1.71. The van der Waals surface area contributed by atoms with Crippen molar-refractivity contribution in [3.05, 3.63) is 70.8 Å². The Kier molecular flexibility index (Phi) is 7.15. The average molecular weight is 415 g/mol. The molecule has 0 unspecified atom stereocenters. The van der Waals surface area contributed by atoms with Gasteiger partial charge in [0.25, 0.3) is 5.91 Å². The summed E-state index contributed by atoms with van der Waals surface area (Å²) in [5.41, 5.74) is 1.04. The summed E-state index contributed by atoms with van der Waals surface area (Å²) in [6.45, 7) is 1.68.